The number of halogens is 1. The second-order valence-corrected chi connectivity index (χ2v) is 6.37. The number of hydrogen-bond donors (Lipinski definition) is 3. The average Bonchev–Trinajstić information content (AvgIpc) is 3.23. The van der Waals surface area contributed by atoms with Gasteiger partial charge in [0.25, 0.3) is 0 Å². The third kappa shape index (κ3) is 5.99. The zero-order valence-electron chi connectivity index (χ0n) is 13.9. The topological polar surface area (TPSA) is 78.7 Å². The van der Waals surface area contributed by atoms with E-state index >= 15 is 0 Å². The lowest BCUT2D eigenvalue weighted by Gasteiger charge is -2.27. The number of rotatable bonds is 5. The van der Waals surface area contributed by atoms with Gasteiger partial charge in [-0.15, -0.1) is 24.0 Å². The van der Waals surface area contributed by atoms with Gasteiger partial charge in [0.1, 0.15) is 5.76 Å². The summed E-state index contributed by atoms with van der Waals surface area (Å²) in [5, 5.41) is 9.94. The third-order valence-corrected chi connectivity index (χ3v) is 4.51. The average molecular weight is 446 g/mol. The fourth-order valence-electron chi connectivity index (χ4n) is 3.18. The summed E-state index contributed by atoms with van der Waals surface area (Å²) in [6.07, 6.45) is 8.93. The molecule has 1 aliphatic heterocycles. The monoisotopic (exact) mass is 446 g/mol. The Morgan fingerprint density at radius 3 is 2.71 bits per heavy atom. The fourth-order valence-corrected chi connectivity index (χ4v) is 3.18. The van der Waals surface area contributed by atoms with Gasteiger partial charge in [0, 0.05) is 38.0 Å². The van der Waals surface area contributed by atoms with Crippen molar-refractivity contribution in [1.29, 1.82) is 0 Å². The SMILES string of the molecule is I.O=C1CCC(NC(=NCCc2ccco2)NC2CCCC2)CN1. The van der Waals surface area contributed by atoms with E-state index in [1.807, 2.05) is 12.1 Å². The maximum Gasteiger partial charge on any atom is 0.220 e. The molecule has 0 spiro atoms. The summed E-state index contributed by atoms with van der Waals surface area (Å²) >= 11 is 0. The van der Waals surface area contributed by atoms with Crippen LogP contribution in [0.3, 0.4) is 0 Å². The maximum atomic E-state index is 11.3. The maximum absolute atomic E-state index is 11.3. The molecule has 2 fully saturated rings. The van der Waals surface area contributed by atoms with E-state index in [9.17, 15) is 4.79 Å². The standard InChI is InChI=1S/C17H26N4O2.HI/c22-16-8-7-14(12-19-16)21-17(20-13-4-1-2-5-13)18-10-9-15-6-3-11-23-15;/h3,6,11,13-14H,1-2,4-5,7-10,12H2,(H,19,22)(H2,18,20,21);1H. The lowest BCUT2D eigenvalue weighted by atomic mass is 10.1. The Hall–Kier alpha value is -1.25. The molecular weight excluding hydrogens is 419 g/mol. The molecule has 0 bridgehead atoms. The molecule has 1 amide bonds. The van der Waals surface area contributed by atoms with Crippen molar-refractivity contribution < 1.29 is 9.21 Å². The molecule has 134 valence electrons. The van der Waals surface area contributed by atoms with Gasteiger partial charge in [-0.05, 0) is 31.4 Å². The second kappa shape index (κ2) is 9.90. The van der Waals surface area contributed by atoms with Gasteiger partial charge in [-0.3, -0.25) is 9.79 Å². The highest BCUT2D eigenvalue weighted by Crippen LogP contribution is 2.17. The number of nitrogens with one attached hydrogen (secondary N) is 3. The number of hydrogen-bond acceptors (Lipinski definition) is 3. The highest BCUT2D eigenvalue weighted by molar-refractivity contribution is 14.0. The minimum absolute atomic E-state index is 0. The Morgan fingerprint density at radius 1 is 1.25 bits per heavy atom. The molecule has 3 rings (SSSR count). The molecule has 1 aliphatic carbocycles. The van der Waals surface area contributed by atoms with Gasteiger partial charge >= 0.3 is 0 Å². The Labute approximate surface area is 160 Å². The molecule has 1 saturated carbocycles. The molecule has 1 atom stereocenters. The first-order valence-electron chi connectivity index (χ1n) is 8.66. The van der Waals surface area contributed by atoms with Crippen LogP contribution in [-0.4, -0.2) is 37.0 Å². The van der Waals surface area contributed by atoms with Crippen molar-refractivity contribution >= 4 is 35.8 Å². The highest BCUT2D eigenvalue weighted by Gasteiger charge is 2.21. The van der Waals surface area contributed by atoms with Crippen LogP contribution < -0.4 is 16.0 Å². The lowest BCUT2D eigenvalue weighted by molar-refractivity contribution is -0.122. The van der Waals surface area contributed by atoms with Crippen LogP contribution >= 0.6 is 24.0 Å². The van der Waals surface area contributed by atoms with Gasteiger partial charge in [0.2, 0.25) is 5.91 Å². The summed E-state index contributed by atoms with van der Waals surface area (Å²) in [5.41, 5.74) is 0. The van der Waals surface area contributed by atoms with E-state index in [1.54, 1.807) is 6.26 Å². The van der Waals surface area contributed by atoms with E-state index in [1.165, 1.54) is 25.7 Å². The molecule has 3 N–H and O–H groups in total. The van der Waals surface area contributed by atoms with Crippen molar-refractivity contribution in [3.63, 3.8) is 0 Å². The third-order valence-electron chi connectivity index (χ3n) is 4.51. The largest absolute Gasteiger partial charge is 0.469 e. The first-order chi connectivity index (χ1) is 11.3. The van der Waals surface area contributed by atoms with Crippen LogP contribution in [0.2, 0.25) is 0 Å². The van der Waals surface area contributed by atoms with Crippen molar-refractivity contribution in [2.75, 3.05) is 13.1 Å². The van der Waals surface area contributed by atoms with Crippen molar-refractivity contribution in [3.8, 4) is 0 Å². The number of guanidine groups is 1. The number of amides is 1. The molecule has 1 aromatic heterocycles. The zero-order valence-corrected chi connectivity index (χ0v) is 16.3. The molecule has 6 nitrogen and oxygen atoms in total. The lowest BCUT2D eigenvalue weighted by Crippen LogP contribution is -2.52. The first kappa shape index (κ1) is 19.1. The molecule has 0 radical (unpaired) electrons. The van der Waals surface area contributed by atoms with Crippen LogP contribution in [0.15, 0.2) is 27.8 Å². The Bertz CT molecular complexity index is 517. The Balaban J connectivity index is 0.00000208. The van der Waals surface area contributed by atoms with Crippen LogP contribution in [-0.2, 0) is 11.2 Å². The van der Waals surface area contributed by atoms with Crippen LogP contribution in [0.4, 0.5) is 0 Å². The van der Waals surface area contributed by atoms with Gasteiger partial charge in [0.15, 0.2) is 5.96 Å². The van der Waals surface area contributed by atoms with E-state index in [2.05, 4.69) is 16.0 Å². The molecule has 24 heavy (non-hydrogen) atoms. The van der Waals surface area contributed by atoms with Gasteiger partial charge in [-0.25, -0.2) is 0 Å². The number of carbonyl (C=O) groups is 1. The number of piperidine rings is 1. The second-order valence-electron chi connectivity index (χ2n) is 6.37. The molecule has 1 unspecified atom stereocenters. The number of carbonyl (C=O) groups excluding carboxylic acids is 1. The van der Waals surface area contributed by atoms with Crippen molar-refractivity contribution in [2.24, 2.45) is 4.99 Å². The molecule has 2 heterocycles. The highest BCUT2D eigenvalue weighted by atomic mass is 127. The molecular formula is C17H27IN4O2. The Morgan fingerprint density at radius 2 is 2.04 bits per heavy atom. The van der Waals surface area contributed by atoms with E-state index in [-0.39, 0.29) is 35.9 Å². The summed E-state index contributed by atoms with van der Waals surface area (Å²) in [5.74, 6) is 1.96. The van der Waals surface area contributed by atoms with Gasteiger partial charge < -0.3 is 20.4 Å². The summed E-state index contributed by atoms with van der Waals surface area (Å²) in [6.45, 7) is 1.36. The molecule has 7 heteroatoms. The predicted octanol–water partition coefficient (Wildman–Crippen LogP) is 2.20. The van der Waals surface area contributed by atoms with Crippen LogP contribution in [0, 0.1) is 0 Å². The molecule has 1 saturated heterocycles. The van der Waals surface area contributed by atoms with Crippen LogP contribution in [0.5, 0.6) is 0 Å². The van der Waals surface area contributed by atoms with Crippen molar-refractivity contribution in [1.82, 2.24) is 16.0 Å². The molecule has 2 aliphatic rings. The summed E-state index contributed by atoms with van der Waals surface area (Å²) < 4.78 is 5.35. The van der Waals surface area contributed by atoms with Gasteiger partial charge in [-0.2, -0.15) is 0 Å². The number of aliphatic imine (C=N–C) groups is 1. The van der Waals surface area contributed by atoms with E-state index in [0.717, 1.165) is 24.6 Å². The first-order valence-corrected chi connectivity index (χ1v) is 8.66. The summed E-state index contributed by atoms with van der Waals surface area (Å²) in [7, 11) is 0. The van der Waals surface area contributed by atoms with Crippen LogP contribution in [0.1, 0.15) is 44.3 Å². The smallest absolute Gasteiger partial charge is 0.220 e. The minimum Gasteiger partial charge on any atom is -0.469 e. The minimum atomic E-state index is 0. The zero-order chi connectivity index (χ0) is 15.9. The van der Waals surface area contributed by atoms with Crippen molar-refractivity contribution in [2.45, 2.75) is 57.0 Å². The quantitative estimate of drug-likeness (QED) is 0.368. The van der Waals surface area contributed by atoms with E-state index in [4.69, 9.17) is 9.41 Å². The molecule has 0 aromatic carbocycles. The van der Waals surface area contributed by atoms with Crippen LogP contribution in [0.25, 0.3) is 0 Å². The van der Waals surface area contributed by atoms with Crippen molar-refractivity contribution in [3.05, 3.63) is 24.2 Å². The Kier molecular flexibility index (Phi) is 7.87. The predicted molar refractivity (Wildman–Crippen MR) is 105 cm³/mol. The summed E-state index contributed by atoms with van der Waals surface area (Å²) in [4.78, 5) is 16.0. The van der Waals surface area contributed by atoms with Gasteiger partial charge in [0.05, 0.1) is 6.26 Å². The van der Waals surface area contributed by atoms with Gasteiger partial charge in [-0.1, -0.05) is 12.8 Å². The van der Waals surface area contributed by atoms with E-state index < -0.39 is 0 Å². The fraction of sp³-hybridized carbons (Fsp3) is 0.647. The normalized spacial score (nSPS) is 21.9. The molecule has 1 aromatic rings. The van der Waals surface area contributed by atoms with E-state index in [0.29, 0.717) is 25.6 Å². The summed E-state index contributed by atoms with van der Waals surface area (Å²) in [6, 6.07) is 4.65. The number of furan rings is 1. The number of nitrogens with zero attached hydrogens (tertiary/aromatic N) is 1.